The summed E-state index contributed by atoms with van der Waals surface area (Å²) < 4.78 is 15.3. The van der Waals surface area contributed by atoms with Gasteiger partial charge < -0.3 is 0 Å². The smallest absolute Gasteiger partial charge is 0.124 e. The second-order valence-electron chi connectivity index (χ2n) is 4.18. The van der Waals surface area contributed by atoms with Crippen molar-refractivity contribution in [3.8, 4) is 0 Å². The number of nitrogens with zero attached hydrogens (tertiary/aromatic N) is 4. The largest absolute Gasteiger partial charge is 0.256 e. The lowest BCUT2D eigenvalue weighted by molar-refractivity contribution is 0.617. The predicted molar refractivity (Wildman–Crippen MR) is 73.5 cm³/mol. The summed E-state index contributed by atoms with van der Waals surface area (Å²) >= 11 is 3.32. The molecule has 4 nitrogen and oxygen atoms in total. The van der Waals surface area contributed by atoms with E-state index in [9.17, 15) is 4.39 Å². The molecule has 0 saturated heterocycles. The number of fused-ring (bicyclic) bond motifs is 1. The van der Waals surface area contributed by atoms with Crippen molar-refractivity contribution in [3.63, 3.8) is 0 Å². The Labute approximate surface area is 117 Å². The molecule has 0 unspecified atom stereocenters. The van der Waals surface area contributed by atoms with E-state index in [1.165, 1.54) is 12.1 Å². The van der Waals surface area contributed by atoms with Crippen LogP contribution in [0.2, 0.25) is 0 Å². The average Bonchev–Trinajstić information content (AvgIpc) is 2.86. The maximum atomic E-state index is 13.6. The van der Waals surface area contributed by atoms with Crippen LogP contribution in [0.1, 0.15) is 11.3 Å². The van der Waals surface area contributed by atoms with E-state index < -0.39 is 0 Å². The maximum absolute atomic E-state index is 13.6. The minimum atomic E-state index is -0.267. The molecular weight excluding hydrogens is 311 g/mol. The van der Waals surface area contributed by atoms with E-state index in [2.05, 4.69) is 31.2 Å². The summed E-state index contributed by atoms with van der Waals surface area (Å²) in [7, 11) is 0. The van der Waals surface area contributed by atoms with Crippen LogP contribution in [0.15, 0.2) is 36.7 Å². The summed E-state index contributed by atoms with van der Waals surface area (Å²) in [4.78, 5) is 4.31. The van der Waals surface area contributed by atoms with Crippen LogP contribution in [0.5, 0.6) is 0 Å². The van der Waals surface area contributed by atoms with Crippen LogP contribution in [-0.2, 0) is 11.9 Å². The molecule has 0 radical (unpaired) electrons. The number of halogens is 2. The molecule has 0 spiro atoms. The van der Waals surface area contributed by atoms with Gasteiger partial charge in [-0.2, -0.15) is 0 Å². The van der Waals surface area contributed by atoms with Gasteiger partial charge in [-0.15, -0.1) is 5.10 Å². The van der Waals surface area contributed by atoms with Gasteiger partial charge in [0, 0.05) is 28.7 Å². The zero-order valence-corrected chi connectivity index (χ0v) is 11.5. The molecule has 0 N–H and O–H groups in total. The van der Waals surface area contributed by atoms with Crippen molar-refractivity contribution in [1.82, 2.24) is 20.0 Å². The van der Waals surface area contributed by atoms with E-state index in [1.54, 1.807) is 16.9 Å². The third-order valence-corrected chi connectivity index (χ3v) is 3.38. The zero-order chi connectivity index (χ0) is 13.2. The Kier molecular flexibility index (Phi) is 3.25. The SMILES string of the molecule is Fc1cc(Cn2cc(CBr)nn2)c2ncccc2c1. The molecule has 0 aliphatic carbocycles. The molecule has 2 aromatic heterocycles. The lowest BCUT2D eigenvalue weighted by atomic mass is 10.1. The molecule has 0 aliphatic rings. The summed E-state index contributed by atoms with van der Waals surface area (Å²) in [5, 5.41) is 9.43. The van der Waals surface area contributed by atoms with E-state index in [4.69, 9.17) is 0 Å². The van der Waals surface area contributed by atoms with Crippen LogP contribution in [-0.4, -0.2) is 20.0 Å². The number of rotatable bonds is 3. The van der Waals surface area contributed by atoms with Gasteiger partial charge in [-0.05, 0) is 18.2 Å². The van der Waals surface area contributed by atoms with Crippen molar-refractivity contribution in [2.75, 3.05) is 0 Å². The molecule has 0 saturated carbocycles. The van der Waals surface area contributed by atoms with Crippen LogP contribution < -0.4 is 0 Å². The van der Waals surface area contributed by atoms with Crippen molar-refractivity contribution in [2.24, 2.45) is 0 Å². The first kappa shape index (κ1) is 12.2. The fraction of sp³-hybridized carbons (Fsp3) is 0.154. The second kappa shape index (κ2) is 5.05. The van der Waals surface area contributed by atoms with Gasteiger partial charge in [0.15, 0.2) is 0 Å². The number of aromatic nitrogens is 4. The molecule has 1 aromatic carbocycles. The van der Waals surface area contributed by atoms with Gasteiger partial charge in [0.1, 0.15) is 5.82 Å². The highest BCUT2D eigenvalue weighted by atomic mass is 79.9. The monoisotopic (exact) mass is 320 g/mol. The topological polar surface area (TPSA) is 43.6 Å². The summed E-state index contributed by atoms with van der Waals surface area (Å²) in [5.41, 5.74) is 2.43. The van der Waals surface area contributed by atoms with E-state index >= 15 is 0 Å². The van der Waals surface area contributed by atoms with Crippen LogP contribution in [0, 0.1) is 5.82 Å². The average molecular weight is 321 g/mol. The number of benzene rings is 1. The Balaban J connectivity index is 2.04. The van der Waals surface area contributed by atoms with Gasteiger partial charge >= 0.3 is 0 Å². The van der Waals surface area contributed by atoms with Crippen molar-refractivity contribution in [2.45, 2.75) is 11.9 Å². The highest BCUT2D eigenvalue weighted by molar-refractivity contribution is 9.08. The fourth-order valence-electron chi connectivity index (χ4n) is 2.00. The Morgan fingerprint density at radius 3 is 3.00 bits per heavy atom. The van der Waals surface area contributed by atoms with Gasteiger partial charge in [0.2, 0.25) is 0 Å². The predicted octanol–water partition coefficient (Wildman–Crippen LogP) is 2.91. The van der Waals surface area contributed by atoms with Gasteiger partial charge in [-0.25, -0.2) is 9.07 Å². The molecule has 0 aliphatic heterocycles. The van der Waals surface area contributed by atoms with Crippen molar-refractivity contribution < 1.29 is 4.39 Å². The van der Waals surface area contributed by atoms with Crippen LogP contribution in [0.25, 0.3) is 10.9 Å². The molecule has 0 fully saturated rings. The molecular formula is C13H10BrFN4. The minimum absolute atomic E-state index is 0.267. The van der Waals surface area contributed by atoms with E-state index in [0.717, 1.165) is 22.2 Å². The van der Waals surface area contributed by atoms with Gasteiger partial charge in [0.25, 0.3) is 0 Å². The third kappa shape index (κ3) is 2.49. The number of alkyl halides is 1. The molecule has 96 valence electrons. The molecule has 19 heavy (non-hydrogen) atoms. The normalized spacial score (nSPS) is 11.1. The number of pyridine rings is 1. The first-order valence-corrected chi connectivity index (χ1v) is 6.86. The minimum Gasteiger partial charge on any atom is -0.256 e. The van der Waals surface area contributed by atoms with Crippen molar-refractivity contribution in [3.05, 3.63) is 53.7 Å². The lowest BCUT2D eigenvalue weighted by Gasteiger charge is -2.05. The Hall–Kier alpha value is -1.82. The quantitative estimate of drug-likeness (QED) is 0.697. The molecule has 0 atom stereocenters. The Bertz CT molecular complexity index is 725. The highest BCUT2D eigenvalue weighted by Gasteiger charge is 2.07. The Morgan fingerprint density at radius 2 is 2.21 bits per heavy atom. The summed E-state index contributed by atoms with van der Waals surface area (Å²) in [6.45, 7) is 0.450. The van der Waals surface area contributed by atoms with Gasteiger partial charge in [0.05, 0.1) is 17.8 Å². The van der Waals surface area contributed by atoms with Gasteiger partial charge in [-0.1, -0.05) is 27.2 Å². The molecule has 6 heteroatoms. The van der Waals surface area contributed by atoms with Crippen molar-refractivity contribution >= 4 is 26.8 Å². The lowest BCUT2D eigenvalue weighted by Crippen LogP contribution is -2.02. The summed E-state index contributed by atoms with van der Waals surface area (Å²) in [6, 6.07) is 6.62. The first-order valence-electron chi connectivity index (χ1n) is 5.74. The maximum Gasteiger partial charge on any atom is 0.124 e. The third-order valence-electron chi connectivity index (χ3n) is 2.80. The van der Waals surface area contributed by atoms with Crippen LogP contribution in [0.4, 0.5) is 4.39 Å². The van der Waals surface area contributed by atoms with Gasteiger partial charge in [-0.3, -0.25) is 4.98 Å². The van der Waals surface area contributed by atoms with E-state index in [0.29, 0.717) is 11.9 Å². The molecule has 0 bridgehead atoms. The number of hydrogen-bond acceptors (Lipinski definition) is 3. The standard InChI is InChI=1S/C13H10BrFN4/c14-6-12-8-19(18-17-12)7-10-5-11(15)4-9-2-1-3-16-13(9)10/h1-5,8H,6-7H2. The fourth-order valence-corrected chi connectivity index (χ4v) is 2.26. The van der Waals surface area contributed by atoms with E-state index in [-0.39, 0.29) is 5.82 Å². The van der Waals surface area contributed by atoms with Crippen LogP contribution >= 0.6 is 15.9 Å². The molecule has 3 rings (SSSR count). The van der Waals surface area contributed by atoms with E-state index in [1.807, 2.05) is 12.3 Å². The number of hydrogen-bond donors (Lipinski definition) is 0. The first-order chi connectivity index (χ1) is 9.26. The highest BCUT2D eigenvalue weighted by Crippen LogP contribution is 2.19. The van der Waals surface area contributed by atoms with Crippen molar-refractivity contribution in [1.29, 1.82) is 0 Å². The van der Waals surface area contributed by atoms with Crippen LogP contribution in [0.3, 0.4) is 0 Å². The molecule has 0 amide bonds. The summed E-state index contributed by atoms with van der Waals surface area (Å²) in [6.07, 6.45) is 3.53. The summed E-state index contributed by atoms with van der Waals surface area (Å²) in [5.74, 6) is -0.267. The molecule has 3 aromatic rings. The molecule has 2 heterocycles. The zero-order valence-electron chi connectivity index (χ0n) is 9.92. The Morgan fingerprint density at radius 1 is 1.32 bits per heavy atom. The second-order valence-corrected chi connectivity index (χ2v) is 4.74.